The minimum absolute atomic E-state index is 0.0408. The Morgan fingerprint density at radius 2 is 2.04 bits per heavy atom. The molecule has 0 bridgehead atoms. The van der Waals surface area contributed by atoms with Crippen LogP contribution in [0.2, 0.25) is 0 Å². The zero-order valence-corrected chi connectivity index (χ0v) is 15.5. The van der Waals surface area contributed by atoms with Crippen LogP contribution in [-0.4, -0.2) is 44.6 Å². The van der Waals surface area contributed by atoms with Crippen molar-refractivity contribution < 1.29 is 36.3 Å². The summed E-state index contributed by atoms with van der Waals surface area (Å²) in [7, 11) is -1.69. The first-order chi connectivity index (χ1) is 13.1. The predicted octanol–water partition coefficient (Wildman–Crippen LogP) is 0.768. The molecule has 0 aliphatic carbocycles. The highest BCUT2D eigenvalue weighted by Gasteiger charge is 2.37. The summed E-state index contributed by atoms with van der Waals surface area (Å²) in [4.78, 5) is 24.0. The fourth-order valence-electron chi connectivity index (χ4n) is 2.64. The molecule has 2 aromatic rings. The largest absolute Gasteiger partial charge is 0.487 e. The fraction of sp³-hybridized carbons (Fsp3) is 0.250. The van der Waals surface area contributed by atoms with E-state index < -0.39 is 46.2 Å². The summed E-state index contributed by atoms with van der Waals surface area (Å²) < 4.78 is 64.7. The number of benzene rings is 1. The number of fused-ring (bicyclic) bond motifs is 1. The molecule has 3 rings (SSSR count). The average Bonchev–Trinajstić information content (AvgIpc) is 2.92. The van der Waals surface area contributed by atoms with Crippen LogP contribution >= 0.6 is 0 Å². The molecule has 28 heavy (non-hydrogen) atoms. The second-order valence-electron chi connectivity index (χ2n) is 5.87. The minimum atomic E-state index is -4.19. The second kappa shape index (κ2) is 7.20. The number of esters is 1. The maximum absolute atomic E-state index is 13.3. The lowest BCUT2D eigenvalue weighted by Gasteiger charge is -2.13. The van der Waals surface area contributed by atoms with E-state index in [2.05, 4.69) is 14.8 Å². The number of carbonyl (C=O) groups excluding carboxylic acids is 2. The molecule has 9 nitrogen and oxygen atoms in total. The Hall–Kier alpha value is -2.99. The number of sulfonamides is 1. The van der Waals surface area contributed by atoms with Crippen LogP contribution in [0.5, 0.6) is 5.75 Å². The van der Waals surface area contributed by atoms with Gasteiger partial charge in [-0.15, -0.1) is 0 Å². The highest BCUT2D eigenvalue weighted by atomic mass is 32.2. The first-order valence-corrected chi connectivity index (χ1v) is 9.31. The van der Waals surface area contributed by atoms with Crippen molar-refractivity contribution in [2.75, 3.05) is 19.0 Å². The number of halogens is 2. The summed E-state index contributed by atoms with van der Waals surface area (Å²) in [5, 5.41) is 2.34. The van der Waals surface area contributed by atoms with Crippen molar-refractivity contribution in [1.82, 2.24) is 9.29 Å². The number of methoxy groups -OCH3 is 1. The van der Waals surface area contributed by atoms with Crippen LogP contribution in [0.15, 0.2) is 29.3 Å². The number of amides is 1. The van der Waals surface area contributed by atoms with Gasteiger partial charge >= 0.3 is 5.97 Å². The molecule has 1 aromatic carbocycles. The van der Waals surface area contributed by atoms with Gasteiger partial charge in [0.05, 0.1) is 7.11 Å². The molecule has 1 aliphatic rings. The van der Waals surface area contributed by atoms with Gasteiger partial charge in [0.2, 0.25) is 10.0 Å². The van der Waals surface area contributed by atoms with E-state index in [0.717, 1.165) is 31.5 Å². The summed E-state index contributed by atoms with van der Waals surface area (Å²) in [5.74, 6) is -4.19. The third-order valence-electron chi connectivity index (χ3n) is 3.96. The smallest absolute Gasteiger partial charge is 0.327 e. The molecule has 1 amide bonds. The first kappa shape index (κ1) is 19.8. The molecule has 0 radical (unpaired) electrons. The molecule has 150 valence electrons. The van der Waals surface area contributed by atoms with Gasteiger partial charge in [0.1, 0.15) is 11.5 Å². The Morgan fingerprint density at radius 3 is 2.68 bits per heavy atom. The minimum Gasteiger partial charge on any atom is -0.487 e. The van der Waals surface area contributed by atoms with Gasteiger partial charge in [-0.2, -0.15) is 4.72 Å². The molecular formula is C16H15F2N3O6S. The number of rotatable bonds is 3. The first-order valence-electron chi connectivity index (χ1n) is 7.82. The maximum atomic E-state index is 13.3. The molecule has 0 saturated heterocycles. The van der Waals surface area contributed by atoms with E-state index in [-0.39, 0.29) is 22.0 Å². The number of carbonyl (C=O) groups is 2. The molecule has 1 unspecified atom stereocenters. The lowest BCUT2D eigenvalue weighted by Crippen LogP contribution is -2.43. The third kappa shape index (κ3) is 3.55. The quantitative estimate of drug-likeness (QED) is 0.716. The standard InChI is InChI=1S/C16H15F2N3O6S/c1-21-6-12-14(27-7-11(16(23)26-2)20-28(12,24)25)13(21)15(22)19-8-3-4-9(17)10(18)5-8/h3-6,11,20H,7H2,1-2H3,(H,19,22). The van der Waals surface area contributed by atoms with Crippen molar-refractivity contribution in [3.8, 4) is 5.75 Å². The molecule has 0 saturated carbocycles. The number of nitrogens with one attached hydrogen (secondary N) is 2. The van der Waals surface area contributed by atoms with Crippen molar-refractivity contribution in [2.24, 2.45) is 7.05 Å². The van der Waals surface area contributed by atoms with Gasteiger partial charge in [0.15, 0.2) is 29.1 Å². The number of aromatic nitrogens is 1. The van der Waals surface area contributed by atoms with Crippen LogP contribution in [0.1, 0.15) is 10.5 Å². The zero-order chi connectivity index (χ0) is 20.6. The van der Waals surface area contributed by atoms with E-state index in [0.29, 0.717) is 0 Å². The highest BCUT2D eigenvalue weighted by molar-refractivity contribution is 7.89. The SMILES string of the molecule is COC(=O)C1COc2c(cn(C)c2C(=O)Nc2ccc(F)c(F)c2)S(=O)(=O)N1. The van der Waals surface area contributed by atoms with Crippen molar-refractivity contribution in [3.05, 3.63) is 41.7 Å². The lowest BCUT2D eigenvalue weighted by molar-refractivity contribution is -0.143. The summed E-state index contributed by atoms with van der Waals surface area (Å²) >= 11 is 0. The molecule has 1 aliphatic heterocycles. The molecule has 1 aromatic heterocycles. The summed E-state index contributed by atoms with van der Waals surface area (Å²) in [6.45, 7) is -0.408. The van der Waals surface area contributed by atoms with Gasteiger partial charge < -0.3 is 19.4 Å². The highest BCUT2D eigenvalue weighted by Crippen LogP contribution is 2.33. The Morgan fingerprint density at radius 1 is 1.32 bits per heavy atom. The monoisotopic (exact) mass is 415 g/mol. The molecule has 12 heteroatoms. The van der Waals surface area contributed by atoms with Crippen molar-refractivity contribution in [1.29, 1.82) is 0 Å². The van der Waals surface area contributed by atoms with E-state index in [1.54, 1.807) is 0 Å². The molecular weight excluding hydrogens is 400 g/mol. The molecule has 2 N–H and O–H groups in total. The maximum Gasteiger partial charge on any atom is 0.327 e. The van der Waals surface area contributed by atoms with Gasteiger partial charge in [-0.05, 0) is 12.1 Å². The number of aryl methyl sites for hydroxylation is 1. The van der Waals surface area contributed by atoms with Gasteiger partial charge in [-0.25, -0.2) is 17.2 Å². The summed E-state index contributed by atoms with van der Waals surface area (Å²) in [6.07, 6.45) is 1.14. The number of ether oxygens (including phenoxy) is 2. The van der Waals surface area contributed by atoms with E-state index in [4.69, 9.17) is 4.74 Å². The van der Waals surface area contributed by atoms with Crippen molar-refractivity contribution in [3.63, 3.8) is 0 Å². The second-order valence-corrected chi connectivity index (χ2v) is 7.56. The Kier molecular flexibility index (Phi) is 5.08. The Bertz CT molecular complexity index is 1070. The zero-order valence-electron chi connectivity index (χ0n) is 14.7. The van der Waals surface area contributed by atoms with Gasteiger partial charge in [0.25, 0.3) is 5.91 Å². The Balaban J connectivity index is 1.97. The van der Waals surface area contributed by atoms with Crippen LogP contribution in [0.25, 0.3) is 0 Å². The van der Waals surface area contributed by atoms with Gasteiger partial charge in [-0.3, -0.25) is 9.59 Å². The van der Waals surface area contributed by atoms with Crippen molar-refractivity contribution in [2.45, 2.75) is 10.9 Å². The van der Waals surface area contributed by atoms with E-state index in [1.807, 2.05) is 0 Å². The lowest BCUT2D eigenvalue weighted by atomic mass is 10.2. The molecule has 0 spiro atoms. The number of nitrogens with zero attached hydrogens (tertiary/aromatic N) is 1. The van der Waals surface area contributed by atoms with E-state index in [1.165, 1.54) is 11.6 Å². The number of hydrogen-bond donors (Lipinski definition) is 2. The number of anilines is 1. The van der Waals surface area contributed by atoms with Crippen LogP contribution < -0.4 is 14.8 Å². The molecule has 0 fully saturated rings. The van der Waals surface area contributed by atoms with Gasteiger partial charge in [0, 0.05) is 25.0 Å². The van der Waals surface area contributed by atoms with Gasteiger partial charge in [-0.1, -0.05) is 0 Å². The predicted molar refractivity (Wildman–Crippen MR) is 91.3 cm³/mol. The number of hydrogen-bond acceptors (Lipinski definition) is 6. The van der Waals surface area contributed by atoms with Crippen molar-refractivity contribution >= 4 is 27.6 Å². The summed E-state index contributed by atoms with van der Waals surface area (Å²) in [5.41, 5.74) is -0.225. The average molecular weight is 415 g/mol. The Labute approximate surface area is 158 Å². The van der Waals surface area contributed by atoms with Crippen LogP contribution in [0.4, 0.5) is 14.5 Å². The fourth-order valence-corrected chi connectivity index (χ4v) is 4.01. The molecule has 2 heterocycles. The third-order valence-corrected chi connectivity index (χ3v) is 5.43. The summed E-state index contributed by atoms with van der Waals surface area (Å²) in [6, 6.07) is 1.46. The normalized spacial score (nSPS) is 17.8. The van der Waals surface area contributed by atoms with E-state index >= 15 is 0 Å². The van der Waals surface area contributed by atoms with Crippen LogP contribution in [0.3, 0.4) is 0 Å². The molecule has 1 atom stereocenters. The van der Waals surface area contributed by atoms with Crippen LogP contribution in [0, 0.1) is 11.6 Å². The van der Waals surface area contributed by atoms with E-state index in [9.17, 15) is 26.8 Å². The van der Waals surface area contributed by atoms with Crippen LogP contribution in [-0.2, 0) is 26.6 Å². The topological polar surface area (TPSA) is 116 Å².